The number of thiocarbonyl (C=S) groups is 1. The van der Waals surface area contributed by atoms with Crippen molar-refractivity contribution in [1.29, 1.82) is 0 Å². The zero-order valence-electron chi connectivity index (χ0n) is 11.8. The molecular formula is C15H22N2OS. The van der Waals surface area contributed by atoms with Crippen LogP contribution >= 0.6 is 12.2 Å². The van der Waals surface area contributed by atoms with Crippen molar-refractivity contribution >= 4 is 22.9 Å². The zero-order valence-corrected chi connectivity index (χ0v) is 12.7. The molecule has 1 fully saturated rings. The van der Waals surface area contributed by atoms with Gasteiger partial charge in [0, 0.05) is 24.2 Å². The minimum Gasteiger partial charge on any atom is -0.497 e. The van der Waals surface area contributed by atoms with E-state index in [1.54, 1.807) is 7.11 Å². The molecular weight excluding hydrogens is 256 g/mol. The summed E-state index contributed by atoms with van der Waals surface area (Å²) in [6.07, 6.45) is 2.41. The molecule has 2 N–H and O–H groups in total. The number of rotatable bonds is 3. The highest BCUT2D eigenvalue weighted by Gasteiger charge is 2.25. The summed E-state index contributed by atoms with van der Waals surface area (Å²) in [6, 6.07) is 6.42. The van der Waals surface area contributed by atoms with Gasteiger partial charge in [-0.1, -0.05) is 19.1 Å². The van der Waals surface area contributed by atoms with Crippen LogP contribution in [0.5, 0.6) is 5.75 Å². The molecule has 0 amide bonds. The summed E-state index contributed by atoms with van der Waals surface area (Å²) in [4.78, 5) is 2.85. The maximum Gasteiger partial charge on any atom is 0.120 e. The van der Waals surface area contributed by atoms with Crippen LogP contribution < -0.4 is 15.4 Å². The van der Waals surface area contributed by atoms with Gasteiger partial charge in [-0.15, -0.1) is 0 Å². The Morgan fingerprint density at radius 3 is 2.74 bits per heavy atom. The van der Waals surface area contributed by atoms with Gasteiger partial charge < -0.3 is 15.4 Å². The molecule has 2 unspecified atom stereocenters. The van der Waals surface area contributed by atoms with Crippen LogP contribution in [0.3, 0.4) is 0 Å². The van der Waals surface area contributed by atoms with Crippen molar-refractivity contribution in [3.8, 4) is 5.75 Å². The Morgan fingerprint density at radius 2 is 2.16 bits per heavy atom. The van der Waals surface area contributed by atoms with Crippen LogP contribution in [0.25, 0.3) is 0 Å². The third-order valence-electron chi connectivity index (χ3n) is 3.92. The van der Waals surface area contributed by atoms with Gasteiger partial charge in [0.05, 0.1) is 12.8 Å². The number of benzene rings is 1. The fourth-order valence-electron chi connectivity index (χ4n) is 2.85. The number of hydrogen-bond acceptors (Lipinski definition) is 3. The first-order valence-electron chi connectivity index (χ1n) is 6.77. The fraction of sp³-hybridized carbons (Fsp3) is 0.533. The predicted molar refractivity (Wildman–Crippen MR) is 84.1 cm³/mol. The number of ether oxygens (including phenoxy) is 1. The van der Waals surface area contributed by atoms with Crippen LogP contribution in [-0.2, 0) is 0 Å². The molecule has 3 nitrogen and oxygen atoms in total. The number of nitrogens with two attached hydrogens (primary N) is 1. The van der Waals surface area contributed by atoms with Crippen molar-refractivity contribution in [2.75, 3.05) is 18.6 Å². The lowest BCUT2D eigenvalue weighted by molar-refractivity contribution is 0.376. The molecule has 0 aliphatic carbocycles. The Bertz CT molecular complexity index is 475. The van der Waals surface area contributed by atoms with Gasteiger partial charge in [0.2, 0.25) is 0 Å². The molecule has 1 aliphatic rings. The molecule has 0 aromatic heterocycles. The first-order valence-corrected chi connectivity index (χ1v) is 7.18. The van der Waals surface area contributed by atoms with Crippen molar-refractivity contribution in [2.45, 2.75) is 32.7 Å². The highest BCUT2D eigenvalue weighted by Crippen LogP contribution is 2.32. The molecule has 2 atom stereocenters. The lowest BCUT2D eigenvalue weighted by atomic mass is 9.92. The van der Waals surface area contributed by atoms with E-state index in [2.05, 4.69) is 18.7 Å². The molecule has 1 aromatic carbocycles. The van der Waals surface area contributed by atoms with E-state index in [9.17, 15) is 0 Å². The first-order chi connectivity index (χ1) is 9.02. The number of methoxy groups -OCH3 is 1. The lowest BCUT2D eigenvalue weighted by Crippen LogP contribution is -2.41. The van der Waals surface area contributed by atoms with Crippen LogP contribution in [0.4, 0.5) is 5.69 Å². The average Bonchev–Trinajstić information content (AvgIpc) is 2.38. The Hall–Kier alpha value is -1.29. The number of nitrogens with zero attached hydrogens (tertiary/aromatic N) is 1. The van der Waals surface area contributed by atoms with E-state index in [0.717, 1.165) is 29.5 Å². The Balaban J connectivity index is 2.38. The average molecular weight is 278 g/mol. The molecule has 1 aliphatic heterocycles. The van der Waals surface area contributed by atoms with Crippen LogP contribution in [0.2, 0.25) is 0 Å². The predicted octanol–water partition coefficient (Wildman–Crippen LogP) is 2.95. The summed E-state index contributed by atoms with van der Waals surface area (Å²) >= 11 is 5.17. The first kappa shape index (κ1) is 14.1. The van der Waals surface area contributed by atoms with E-state index in [4.69, 9.17) is 22.7 Å². The van der Waals surface area contributed by atoms with E-state index < -0.39 is 0 Å². The maximum absolute atomic E-state index is 5.85. The second-order valence-corrected chi connectivity index (χ2v) is 5.86. The van der Waals surface area contributed by atoms with Crippen molar-refractivity contribution in [2.24, 2.45) is 11.7 Å². The molecule has 1 heterocycles. The summed E-state index contributed by atoms with van der Waals surface area (Å²) in [7, 11) is 1.68. The van der Waals surface area contributed by atoms with Gasteiger partial charge in [-0.2, -0.15) is 0 Å². The molecule has 19 heavy (non-hydrogen) atoms. The highest BCUT2D eigenvalue weighted by molar-refractivity contribution is 7.80. The Labute approximate surface area is 120 Å². The minimum atomic E-state index is 0.448. The minimum absolute atomic E-state index is 0.448. The van der Waals surface area contributed by atoms with Crippen LogP contribution in [0.15, 0.2) is 18.2 Å². The molecule has 0 saturated carbocycles. The largest absolute Gasteiger partial charge is 0.497 e. The van der Waals surface area contributed by atoms with Crippen LogP contribution in [0.1, 0.15) is 32.3 Å². The normalized spacial score (nSPS) is 23.2. The van der Waals surface area contributed by atoms with Crippen LogP contribution in [0, 0.1) is 5.92 Å². The second kappa shape index (κ2) is 5.78. The summed E-state index contributed by atoms with van der Waals surface area (Å²) in [6.45, 7) is 5.62. The zero-order chi connectivity index (χ0) is 14.0. The van der Waals surface area contributed by atoms with E-state index in [1.165, 1.54) is 12.8 Å². The molecule has 1 saturated heterocycles. The van der Waals surface area contributed by atoms with Gasteiger partial charge >= 0.3 is 0 Å². The monoisotopic (exact) mass is 278 g/mol. The highest BCUT2D eigenvalue weighted by atomic mass is 32.1. The Morgan fingerprint density at radius 1 is 1.42 bits per heavy atom. The van der Waals surface area contributed by atoms with Crippen molar-refractivity contribution in [3.63, 3.8) is 0 Å². The Kier molecular flexibility index (Phi) is 4.30. The maximum atomic E-state index is 5.85. The van der Waals surface area contributed by atoms with Crippen molar-refractivity contribution in [3.05, 3.63) is 23.8 Å². The van der Waals surface area contributed by atoms with Gasteiger partial charge in [0.1, 0.15) is 10.7 Å². The van der Waals surface area contributed by atoms with Gasteiger partial charge in [0.25, 0.3) is 0 Å². The lowest BCUT2D eigenvalue weighted by Gasteiger charge is -2.39. The van der Waals surface area contributed by atoms with Crippen LogP contribution in [-0.4, -0.2) is 24.7 Å². The summed E-state index contributed by atoms with van der Waals surface area (Å²) < 4.78 is 5.33. The smallest absolute Gasteiger partial charge is 0.120 e. The van der Waals surface area contributed by atoms with E-state index in [1.807, 2.05) is 18.2 Å². The van der Waals surface area contributed by atoms with Gasteiger partial charge in [0.15, 0.2) is 0 Å². The molecule has 0 spiro atoms. The fourth-order valence-corrected chi connectivity index (χ4v) is 3.02. The van der Waals surface area contributed by atoms with Gasteiger partial charge in [-0.05, 0) is 37.8 Å². The quantitative estimate of drug-likeness (QED) is 0.863. The molecule has 0 radical (unpaired) electrons. The third-order valence-corrected chi connectivity index (χ3v) is 4.14. The van der Waals surface area contributed by atoms with Gasteiger partial charge in [-0.3, -0.25) is 0 Å². The standard InChI is InChI=1S/C15H22N2OS/c1-10-6-7-17(11(2)8-10)14-9-12(18-3)4-5-13(14)15(16)19/h4-5,9-11H,6-8H2,1-3H3,(H2,16,19). The van der Waals surface area contributed by atoms with Gasteiger partial charge in [-0.25, -0.2) is 0 Å². The third kappa shape index (κ3) is 3.00. The molecule has 0 bridgehead atoms. The summed E-state index contributed by atoms with van der Waals surface area (Å²) in [5.74, 6) is 1.63. The molecule has 4 heteroatoms. The van der Waals surface area contributed by atoms with Crippen molar-refractivity contribution in [1.82, 2.24) is 0 Å². The SMILES string of the molecule is COc1ccc(C(N)=S)c(N2CCC(C)CC2C)c1. The molecule has 104 valence electrons. The van der Waals surface area contributed by atoms with Crippen molar-refractivity contribution < 1.29 is 4.74 Å². The van der Waals surface area contributed by atoms with E-state index in [0.29, 0.717) is 11.0 Å². The van der Waals surface area contributed by atoms with E-state index in [-0.39, 0.29) is 0 Å². The molecule has 1 aromatic rings. The molecule has 2 rings (SSSR count). The number of piperidine rings is 1. The van der Waals surface area contributed by atoms with E-state index >= 15 is 0 Å². The topological polar surface area (TPSA) is 38.5 Å². The number of anilines is 1. The second-order valence-electron chi connectivity index (χ2n) is 5.42. The summed E-state index contributed by atoms with van der Waals surface area (Å²) in [5, 5.41) is 0. The summed E-state index contributed by atoms with van der Waals surface area (Å²) in [5.41, 5.74) is 7.89. The number of hydrogen-bond donors (Lipinski definition) is 1.